The van der Waals surface area contributed by atoms with E-state index in [9.17, 15) is 18.4 Å². The number of nitrogens with zero attached hydrogens (tertiary/aromatic N) is 4. The van der Waals surface area contributed by atoms with E-state index in [4.69, 9.17) is 26.1 Å². The molecule has 0 aliphatic carbocycles. The summed E-state index contributed by atoms with van der Waals surface area (Å²) >= 11 is 7.70. The molecule has 1 aliphatic rings. The first-order chi connectivity index (χ1) is 22.8. The number of alkyl halides is 2. The first-order valence-corrected chi connectivity index (χ1v) is 17.2. The van der Waals surface area contributed by atoms with Crippen LogP contribution in [0.25, 0.3) is 42.8 Å². The number of ether oxygens (including phenoxy) is 2. The number of rotatable bonds is 7. The normalized spacial score (nSPS) is 14.3. The van der Waals surface area contributed by atoms with Crippen LogP contribution in [0.3, 0.4) is 0 Å². The zero-order valence-electron chi connectivity index (χ0n) is 27.5. The van der Waals surface area contributed by atoms with Crippen LogP contribution in [0.4, 0.5) is 13.6 Å². The molecule has 3 aromatic carbocycles. The molecule has 12 heteroatoms. The van der Waals surface area contributed by atoms with Crippen molar-refractivity contribution in [3.8, 4) is 21.7 Å². The summed E-state index contributed by atoms with van der Waals surface area (Å²) < 4.78 is 40.9. The van der Waals surface area contributed by atoms with E-state index in [1.54, 1.807) is 24.0 Å². The van der Waals surface area contributed by atoms with Crippen LogP contribution in [0.2, 0.25) is 5.02 Å². The monoisotopic (exact) mass is 694 g/mol. The number of hydrogen-bond donors (Lipinski definition) is 0. The number of halogens is 3. The number of benzene rings is 3. The summed E-state index contributed by atoms with van der Waals surface area (Å²) in [4.78, 5) is 32.0. The van der Waals surface area contributed by atoms with Gasteiger partial charge in [0.15, 0.2) is 0 Å². The summed E-state index contributed by atoms with van der Waals surface area (Å²) in [6.45, 7) is 7.59. The van der Waals surface area contributed by atoms with Crippen LogP contribution in [0.1, 0.15) is 69.8 Å². The third-order valence-corrected chi connectivity index (χ3v) is 9.86. The van der Waals surface area contributed by atoms with Crippen LogP contribution in [0.5, 0.6) is 0 Å². The van der Waals surface area contributed by atoms with Gasteiger partial charge in [-0.15, -0.1) is 11.3 Å². The van der Waals surface area contributed by atoms with Crippen molar-refractivity contribution in [3.63, 3.8) is 0 Å². The van der Waals surface area contributed by atoms with Gasteiger partial charge < -0.3 is 14.4 Å². The highest BCUT2D eigenvalue weighted by atomic mass is 35.5. The zero-order valence-corrected chi connectivity index (χ0v) is 29.1. The second-order valence-corrected chi connectivity index (χ2v) is 14.4. The lowest BCUT2D eigenvalue weighted by Gasteiger charge is -2.33. The number of esters is 1. The molecule has 8 nitrogen and oxygen atoms in total. The number of hydrogen-bond acceptors (Lipinski definition) is 7. The van der Waals surface area contributed by atoms with E-state index >= 15 is 0 Å². The lowest BCUT2D eigenvalue weighted by molar-refractivity contribution is -0.142. The molecule has 0 saturated carbocycles. The van der Waals surface area contributed by atoms with E-state index in [-0.39, 0.29) is 31.0 Å². The number of amides is 1. The summed E-state index contributed by atoms with van der Waals surface area (Å²) in [7, 11) is 0. The highest BCUT2D eigenvalue weighted by Gasteiger charge is 2.31. The van der Waals surface area contributed by atoms with Gasteiger partial charge in [-0.25, -0.2) is 14.5 Å². The predicted molar refractivity (Wildman–Crippen MR) is 185 cm³/mol. The number of thiazole rings is 1. The van der Waals surface area contributed by atoms with Gasteiger partial charge in [-0.3, -0.25) is 4.79 Å². The van der Waals surface area contributed by atoms with Gasteiger partial charge in [-0.05, 0) is 101 Å². The molecule has 252 valence electrons. The van der Waals surface area contributed by atoms with Crippen molar-refractivity contribution in [2.45, 2.75) is 71.9 Å². The molecule has 0 unspecified atom stereocenters. The van der Waals surface area contributed by atoms with Crippen LogP contribution in [0.15, 0.2) is 48.5 Å². The Hall–Kier alpha value is -4.09. The Kier molecular flexibility index (Phi) is 9.46. The van der Waals surface area contributed by atoms with E-state index in [1.807, 2.05) is 64.1 Å². The first-order valence-electron chi connectivity index (χ1n) is 16.0. The molecule has 48 heavy (non-hydrogen) atoms. The Labute approximate surface area is 286 Å². The van der Waals surface area contributed by atoms with E-state index < -0.39 is 12.2 Å². The van der Waals surface area contributed by atoms with E-state index in [1.165, 1.54) is 11.3 Å². The number of carbonyl (C=O) groups is 2. The number of carbonyl (C=O) groups excluding carboxylic acids is 2. The second kappa shape index (κ2) is 13.4. The summed E-state index contributed by atoms with van der Waals surface area (Å²) in [6, 6.07) is 14.8. The molecular weight excluding hydrogens is 658 g/mol. The van der Waals surface area contributed by atoms with Gasteiger partial charge in [-0.1, -0.05) is 23.7 Å². The maximum Gasteiger partial charge on any atom is 0.410 e. The van der Waals surface area contributed by atoms with Crippen molar-refractivity contribution in [3.05, 3.63) is 70.4 Å². The third-order valence-electron chi connectivity index (χ3n) is 8.47. The SMILES string of the molecule is CCOC(=O)Cc1c(C)cc2nc(-c3ccc4c(c3)c(C3CCN(C(=O)OC(C)(C)C)CC3)nn4C(F)F)sc2c1-c1ccc(Cl)cc1. The maximum absolute atomic E-state index is 14.2. The molecule has 0 N–H and O–H groups in total. The molecule has 1 saturated heterocycles. The van der Waals surface area contributed by atoms with Gasteiger partial charge in [-0.2, -0.15) is 13.9 Å². The van der Waals surface area contributed by atoms with Crippen molar-refractivity contribution in [1.82, 2.24) is 19.7 Å². The largest absolute Gasteiger partial charge is 0.466 e. The van der Waals surface area contributed by atoms with Gasteiger partial charge in [0.2, 0.25) is 0 Å². The molecule has 1 amide bonds. The molecule has 0 spiro atoms. The summed E-state index contributed by atoms with van der Waals surface area (Å²) in [5.74, 6) is -0.424. The molecule has 1 aliphatic heterocycles. The number of likely N-dealkylation sites (tertiary alicyclic amines) is 1. The lowest BCUT2D eigenvalue weighted by Crippen LogP contribution is -2.41. The minimum Gasteiger partial charge on any atom is -0.466 e. The fourth-order valence-electron chi connectivity index (χ4n) is 6.27. The average molecular weight is 695 g/mol. The molecule has 0 atom stereocenters. The van der Waals surface area contributed by atoms with E-state index in [2.05, 4.69) is 5.10 Å². The highest BCUT2D eigenvalue weighted by Crippen LogP contribution is 2.43. The van der Waals surface area contributed by atoms with Gasteiger partial charge in [0.25, 0.3) is 0 Å². The molecule has 0 bridgehead atoms. The maximum atomic E-state index is 14.2. The fourth-order valence-corrected chi connectivity index (χ4v) is 7.54. The van der Waals surface area contributed by atoms with Gasteiger partial charge in [0.05, 0.1) is 34.5 Å². The van der Waals surface area contributed by atoms with Gasteiger partial charge in [0.1, 0.15) is 10.6 Å². The number of fused-ring (bicyclic) bond motifs is 2. The molecule has 2 aromatic heterocycles. The summed E-state index contributed by atoms with van der Waals surface area (Å²) in [5, 5.41) is 6.36. The smallest absolute Gasteiger partial charge is 0.410 e. The van der Waals surface area contributed by atoms with Crippen LogP contribution < -0.4 is 0 Å². The minimum atomic E-state index is -2.81. The number of piperidine rings is 1. The van der Waals surface area contributed by atoms with Crippen molar-refractivity contribution >= 4 is 56.1 Å². The summed E-state index contributed by atoms with van der Waals surface area (Å²) in [6.07, 6.45) is 0.885. The average Bonchev–Trinajstić information content (AvgIpc) is 3.63. The van der Waals surface area contributed by atoms with Gasteiger partial charge >= 0.3 is 18.6 Å². The fraction of sp³-hybridized carbons (Fsp3) is 0.389. The van der Waals surface area contributed by atoms with E-state index in [0.717, 1.165) is 42.7 Å². The first kappa shape index (κ1) is 33.8. The second-order valence-electron chi connectivity index (χ2n) is 13.0. The van der Waals surface area contributed by atoms with Crippen molar-refractivity contribution < 1.29 is 27.8 Å². The third kappa shape index (κ3) is 6.89. The van der Waals surface area contributed by atoms with Crippen LogP contribution in [-0.4, -0.2) is 57.0 Å². The standard InChI is InChI=1S/C36H37ClF2N4O4S/c1-6-46-29(44)19-25-20(2)17-27-32(30(25)21-7-10-24(37)11-8-21)48-33(40-27)23-9-12-28-26(18-23)31(41-43(28)34(38)39)22-13-15-42(16-14-22)35(45)47-36(3,4)5/h7-12,17-18,22,34H,6,13-16,19H2,1-5H3. The Morgan fingerprint density at radius 3 is 2.40 bits per heavy atom. The van der Waals surface area contributed by atoms with Crippen LogP contribution >= 0.6 is 22.9 Å². The summed E-state index contributed by atoms with van der Waals surface area (Å²) in [5.41, 5.74) is 5.42. The Morgan fingerprint density at radius 1 is 1.06 bits per heavy atom. The van der Waals surface area contributed by atoms with Gasteiger partial charge in [0, 0.05) is 40.5 Å². The Bertz CT molecular complexity index is 1990. The van der Waals surface area contributed by atoms with Crippen molar-refractivity contribution in [2.75, 3.05) is 19.7 Å². The topological polar surface area (TPSA) is 86.6 Å². The Balaban J connectivity index is 1.40. The van der Waals surface area contributed by atoms with Crippen molar-refractivity contribution in [1.29, 1.82) is 0 Å². The lowest BCUT2D eigenvalue weighted by atomic mass is 9.91. The Morgan fingerprint density at radius 2 is 1.75 bits per heavy atom. The molecule has 3 heterocycles. The number of aryl methyl sites for hydroxylation is 1. The predicted octanol–water partition coefficient (Wildman–Crippen LogP) is 9.56. The number of aromatic nitrogens is 3. The van der Waals surface area contributed by atoms with Crippen molar-refractivity contribution in [2.24, 2.45) is 0 Å². The highest BCUT2D eigenvalue weighted by molar-refractivity contribution is 7.22. The minimum absolute atomic E-state index is 0.107. The molecule has 5 aromatic rings. The molecular formula is C36H37ClF2N4O4S. The van der Waals surface area contributed by atoms with E-state index in [0.29, 0.717) is 52.6 Å². The zero-order chi connectivity index (χ0) is 34.3. The molecule has 1 fully saturated rings. The quantitative estimate of drug-likeness (QED) is 0.158. The molecule has 6 rings (SSSR count). The van der Waals surface area contributed by atoms with Crippen LogP contribution in [0, 0.1) is 6.92 Å². The molecule has 0 radical (unpaired) electrons. The van der Waals surface area contributed by atoms with Crippen LogP contribution in [-0.2, 0) is 20.7 Å².